The maximum absolute atomic E-state index is 13.3. The molecule has 2 N–H and O–H groups in total. The molecule has 2 rings (SSSR count). The number of nitrogens with one attached hydrogen (secondary N) is 2. The molecule has 0 aliphatic heterocycles. The summed E-state index contributed by atoms with van der Waals surface area (Å²) in [5.41, 5.74) is 1.78. The van der Waals surface area contributed by atoms with Gasteiger partial charge in [-0.3, -0.25) is 14.3 Å². The standard InChI is InChI=1S/C27H42N4O4/c1-9-13-28-25(32)15-20(14-17(2)3)29-27(33)21-16-22(31(30-21)19(6)18(4)5)26-23(34-7)11-10-12-24(26)35-8/h10-12,16-20H,9,13-15H2,1-8H3,(H,28,32)(H,29,33)/t19?,20-/m0/s1. The van der Waals surface area contributed by atoms with E-state index in [1.165, 1.54) is 0 Å². The van der Waals surface area contributed by atoms with Crippen molar-refractivity contribution in [3.8, 4) is 22.8 Å². The highest BCUT2D eigenvalue weighted by Crippen LogP contribution is 2.40. The second-order valence-corrected chi connectivity index (χ2v) is 9.74. The first kappa shape index (κ1) is 28.2. The van der Waals surface area contributed by atoms with Gasteiger partial charge in [0.05, 0.1) is 31.5 Å². The first-order valence-electron chi connectivity index (χ1n) is 12.5. The van der Waals surface area contributed by atoms with Crippen molar-refractivity contribution in [1.82, 2.24) is 20.4 Å². The Hall–Kier alpha value is -3.03. The topological polar surface area (TPSA) is 94.5 Å². The molecule has 0 aliphatic rings. The maximum Gasteiger partial charge on any atom is 0.272 e. The fourth-order valence-electron chi connectivity index (χ4n) is 3.97. The molecule has 0 aliphatic carbocycles. The molecule has 8 nitrogen and oxygen atoms in total. The van der Waals surface area contributed by atoms with Crippen LogP contribution in [0, 0.1) is 11.8 Å². The van der Waals surface area contributed by atoms with Gasteiger partial charge >= 0.3 is 0 Å². The molecule has 35 heavy (non-hydrogen) atoms. The minimum Gasteiger partial charge on any atom is -0.496 e. The van der Waals surface area contributed by atoms with Gasteiger partial charge in [-0.05, 0) is 49.8 Å². The Balaban J connectivity index is 2.45. The molecule has 2 amide bonds. The molecule has 1 unspecified atom stereocenters. The Kier molecular flexibility index (Phi) is 10.6. The van der Waals surface area contributed by atoms with E-state index in [2.05, 4.69) is 45.3 Å². The largest absolute Gasteiger partial charge is 0.496 e. The molecule has 0 fully saturated rings. The summed E-state index contributed by atoms with van der Waals surface area (Å²) in [5, 5.41) is 10.7. The number of ether oxygens (including phenoxy) is 2. The molecule has 0 saturated carbocycles. The highest BCUT2D eigenvalue weighted by atomic mass is 16.5. The van der Waals surface area contributed by atoms with Gasteiger partial charge in [0.1, 0.15) is 11.5 Å². The summed E-state index contributed by atoms with van der Waals surface area (Å²) in [6.07, 6.45) is 1.80. The van der Waals surface area contributed by atoms with Crippen molar-refractivity contribution in [2.24, 2.45) is 11.8 Å². The smallest absolute Gasteiger partial charge is 0.272 e. The molecule has 1 aromatic heterocycles. The van der Waals surface area contributed by atoms with E-state index in [1.807, 2.05) is 29.8 Å². The molecule has 2 atom stereocenters. The van der Waals surface area contributed by atoms with Crippen LogP contribution in [0.5, 0.6) is 11.5 Å². The Morgan fingerprint density at radius 3 is 2.20 bits per heavy atom. The van der Waals surface area contributed by atoms with Crippen LogP contribution in [-0.2, 0) is 4.79 Å². The number of amides is 2. The van der Waals surface area contributed by atoms with Gasteiger partial charge in [0.25, 0.3) is 5.91 Å². The normalized spacial score (nSPS) is 13.0. The molecular weight excluding hydrogens is 444 g/mol. The number of hydrogen-bond acceptors (Lipinski definition) is 5. The zero-order valence-electron chi connectivity index (χ0n) is 22.5. The number of carbonyl (C=O) groups is 2. The Bertz CT molecular complexity index is 961. The van der Waals surface area contributed by atoms with Crippen LogP contribution < -0.4 is 20.1 Å². The van der Waals surface area contributed by atoms with Crippen molar-refractivity contribution in [3.05, 3.63) is 30.0 Å². The predicted molar refractivity (Wildman–Crippen MR) is 139 cm³/mol. The van der Waals surface area contributed by atoms with Crippen LogP contribution in [0.2, 0.25) is 0 Å². The summed E-state index contributed by atoms with van der Waals surface area (Å²) >= 11 is 0. The summed E-state index contributed by atoms with van der Waals surface area (Å²) in [6, 6.07) is 7.11. The SMILES string of the molecule is CCCNC(=O)C[C@H](CC(C)C)NC(=O)c1cc(-c2c(OC)cccc2OC)n(C(C)C(C)C)n1. The average Bonchev–Trinajstić information content (AvgIpc) is 3.26. The van der Waals surface area contributed by atoms with Gasteiger partial charge in [-0.25, -0.2) is 0 Å². The van der Waals surface area contributed by atoms with Crippen molar-refractivity contribution in [2.45, 2.75) is 72.9 Å². The molecule has 0 radical (unpaired) electrons. The number of aromatic nitrogens is 2. The molecule has 0 spiro atoms. The van der Waals surface area contributed by atoms with E-state index < -0.39 is 0 Å². The van der Waals surface area contributed by atoms with Gasteiger partial charge in [-0.2, -0.15) is 5.10 Å². The number of benzene rings is 1. The quantitative estimate of drug-likeness (QED) is 0.422. The van der Waals surface area contributed by atoms with Crippen LogP contribution in [0.4, 0.5) is 0 Å². The molecule has 2 aromatic rings. The van der Waals surface area contributed by atoms with Crippen molar-refractivity contribution < 1.29 is 19.1 Å². The van der Waals surface area contributed by atoms with E-state index in [0.717, 1.165) is 17.7 Å². The molecule has 1 heterocycles. The molecule has 194 valence electrons. The third kappa shape index (κ3) is 7.47. The van der Waals surface area contributed by atoms with Crippen LogP contribution in [0.15, 0.2) is 24.3 Å². The van der Waals surface area contributed by atoms with Gasteiger partial charge in [-0.1, -0.05) is 40.7 Å². The predicted octanol–water partition coefficient (Wildman–Crippen LogP) is 4.85. The van der Waals surface area contributed by atoms with Crippen LogP contribution in [0.3, 0.4) is 0 Å². The lowest BCUT2D eigenvalue weighted by Crippen LogP contribution is -2.40. The third-order valence-corrected chi connectivity index (χ3v) is 6.10. The summed E-state index contributed by atoms with van der Waals surface area (Å²) < 4.78 is 13.1. The lowest BCUT2D eigenvalue weighted by Gasteiger charge is -2.21. The van der Waals surface area contributed by atoms with Crippen LogP contribution in [0.25, 0.3) is 11.3 Å². The number of rotatable bonds is 13. The zero-order chi connectivity index (χ0) is 26.1. The van der Waals surface area contributed by atoms with E-state index in [-0.39, 0.29) is 36.2 Å². The first-order valence-corrected chi connectivity index (χ1v) is 12.5. The van der Waals surface area contributed by atoms with E-state index in [4.69, 9.17) is 14.6 Å². The number of nitrogens with zero attached hydrogens (tertiary/aromatic N) is 2. The maximum atomic E-state index is 13.3. The second kappa shape index (κ2) is 13.2. The highest BCUT2D eigenvalue weighted by Gasteiger charge is 2.26. The van der Waals surface area contributed by atoms with Gasteiger partial charge in [0, 0.05) is 19.0 Å². The molecule has 0 saturated heterocycles. The Morgan fingerprint density at radius 1 is 1.06 bits per heavy atom. The summed E-state index contributed by atoms with van der Waals surface area (Å²) in [7, 11) is 3.22. The van der Waals surface area contributed by atoms with Crippen LogP contribution in [0.1, 0.15) is 77.3 Å². The van der Waals surface area contributed by atoms with E-state index in [1.54, 1.807) is 20.3 Å². The van der Waals surface area contributed by atoms with E-state index in [0.29, 0.717) is 36.1 Å². The second-order valence-electron chi connectivity index (χ2n) is 9.74. The van der Waals surface area contributed by atoms with E-state index >= 15 is 0 Å². The minimum atomic E-state index is -0.302. The first-order chi connectivity index (χ1) is 16.6. The van der Waals surface area contributed by atoms with Gasteiger partial charge in [0.2, 0.25) is 5.91 Å². The summed E-state index contributed by atoms with van der Waals surface area (Å²) in [4.78, 5) is 25.7. The molecular formula is C27H42N4O4. The van der Waals surface area contributed by atoms with Crippen LogP contribution >= 0.6 is 0 Å². The highest BCUT2D eigenvalue weighted by molar-refractivity contribution is 5.94. The summed E-state index contributed by atoms with van der Waals surface area (Å²) in [5.74, 6) is 1.52. The van der Waals surface area contributed by atoms with Crippen molar-refractivity contribution >= 4 is 11.8 Å². The Morgan fingerprint density at radius 2 is 1.69 bits per heavy atom. The lowest BCUT2D eigenvalue weighted by atomic mass is 10.0. The number of carbonyl (C=O) groups excluding carboxylic acids is 2. The number of methoxy groups -OCH3 is 2. The van der Waals surface area contributed by atoms with Crippen LogP contribution in [-0.4, -0.2) is 48.4 Å². The minimum absolute atomic E-state index is 0.0208. The zero-order valence-corrected chi connectivity index (χ0v) is 22.5. The van der Waals surface area contributed by atoms with Gasteiger partial charge < -0.3 is 20.1 Å². The lowest BCUT2D eigenvalue weighted by molar-refractivity contribution is -0.121. The fraction of sp³-hybridized carbons (Fsp3) is 0.593. The molecule has 1 aromatic carbocycles. The van der Waals surface area contributed by atoms with E-state index in [9.17, 15) is 9.59 Å². The fourth-order valence-corrected chi connectivity index (χ4v) is 3.97. The number of hydrogen-bond donors (Lipinski definition) is 2. The molecule has 8 heteroatoms. The monoisotopic (exact) mass is 486 g/mol. The van der Waals surface area contributed by atoms with Gasteiger partial charge in [-0.15, -0.1) is 0 Å². The van der Waals surface area contributed by atoms with Crippen molar-refractivity contribution in [1.29, 1.82) is 0 Å². The average molecular weight is 487 g/mol. The molecule has 0 bridgehead atoms. The van der Waals surface area contributed by atoms with Crippen molar-refractivity contribution in [3.63, 3.8) is 0 Å². The van der Waals surface area contributed by atoms with Crippen molar-refractivity contribution in [2.75, 3.05) is 20.8 Å². The third-order valence-electron chi connectivity index (χ3n) is 6.10. The summed E-state index contributed by atoms with van der Waals surface area (Å²) in [6.45, 7) is 13.1. The van der Waals surface area contributed by atoms with Gasteiger partial charge in [0.15, 0.2) is 5.69 Å². The Labute approximate surface area is 209 Å².